The minimum atomic E-state index is -0.365. The van der Waals surface area contributed by atoms with Crippen LogP contribution in [0, 0.1) is 17.0 Å². The van der Waals surface area contributed by atoms with Crippen molar-refractivity contribution in [2.45, 2.75) is 19.9 Å². The van der Waals surface area contributed by atoms with Crippen LogP contribution in [0.25, 0.3) is 10.8 Å². The molecule has 0 saturated carbocycles. The van der Waals surface area contributed by atoms with Gasteiger partial charge in [0.1, 0.15) is 5.82 Å². The Balaban J connectivity index is 1.80. The molecule has 2 aromatic heterocycles. The van der Waals surface area contributed by atoms with Crippen LogP contribution in [0.3, 0.4) is 0 Å². The fraction of sp³-hybridized carbons (Fsp3) is 0.294. The average Bonchev–Trinajstić information content (AvgIpc) is 2.98. The number of pyridine rings is 1. The minimum Gasteiger partial charge on any atom is -0.374 e. The number of nitro groups is 1. The molecule has 24 heavy (non-hydrogen) atoms. The van der Waals surface area contributed by atoms with Crippen molar-refractivity contribution < 1.29 is 4.92 Å². The number of aryl methyl sites for hydroxylation is 2. The van der Waals surface area contributed by atoms with E-state index >= 15 is 0 Å². The Labute approximate surface area is 139 Å². The van der Waals surface area contributed by atoms with Crippen molar-refractivity contribution in [3.8, 4) is 0 Å². The lowest BCUT2D eigenvalue weighted by atomic mass is 10.1. The zero-order valence-corrected chi connectivity index (χ0v) is 13.7. The van der Waals surface area contributed by atoms with E-state index in [1.807, 2.05) is 32.3 Å². The van der Waals surface area contributed by atoms with Gasteiger partial charge >= 0.3 is 0 Å². The number of hydrogen-bond donors (Lipinski definition) is 0. The van der Waals surface area contributed by atoms with Gasteiger partial charge in [-0.3, -0.25) is 15.1 Å². The number of anilines is 1. The van der Waals surface area contributed by atoms with Gasteiger partial charge in [-0.15, -0.1) is 0 Å². The largest absolute Gasteiger partial charge is 0.374 e. The predicted octanol–water partition coefficient (Wildman–Crippen LogP) is 3.17. The van der Waals surface area contributed by atoms with Crippen molar-refractivity contribution in [1.82, 2.24) is 14.5 Å². The fourth-order valence-electron chi connectivity index (χ4n) is 2.89. The molecule has 3 aromatic rings. The summed E-state index contributed by atoms with van der Waals surface area (Å²) in [7, 11) is 2.00. The zero-order chi connectivity index (χ0) is 17.1. The summed E-state index contributed by atoms with van der Waals surface area (Å²) in [6.45, 7) is 3.72. The van der Waals surface area contributed by atoms with E-state index in [1.54, 1.807) is 24.7 Å². The maximum atomic E-state index is 11.2. The smallest absolute Gasteiger partial charge is 0.278 e. The highest BCUT2D eigenvalue weighted by atomic mass is 16.6. The summed E-state index contributed by atoms with van der Waals surface area (Å²) >= 11 is 0. The van der Waals surface area contributed by atoms with Crippen LogP contribution in [0.15, 0.2) is 43.0 Å². The Kier molecular flexibility index (Phi) is 4.41. The topological polar surface area (TPSA) is 77.1 Å². The maximum Gasteiger partial charge on any atom is 0.278 e. The van der Waals surface area contributed by atoms with E-state index in [2.05, 4.69) is 19.4 Å². The van der Waals surface area contributed by atoms with E-state index in [0.29, 0.717) is 5.39 Å². The van der Waals surface area contributed by atoms with Crippen LogP contribution in [-0.2, 0) is 6.54 Å². The van der Waals surface area contributed by atoms with E-state index in [9.17, 15) is 10.1 Å². The van der Waals surface area contributed by atoms with Gasteiger partial charge in [0.15, 0.2) is 0 Å². The van der Waals surface area contributed by atoms with Crippen molar-refractivity contribution in [3.05, 3.63) is 58.9 Å². The number of nitro benzene ring substituents is 1. The zero-order valence-electron chi connectivity index (χ0n) is 13.7. The van der Waals surface area contributed by atoms with Crippen molar-refractivity contribution >= 4 is 22.1 Å². The summed E-state index contributed by atoms with van der Waals surface area (Å²) in [5.74, 6) is 1.00. The molecular weight excluding hydrogens is 306 g/mol. The van der Waals surface area contributed by atoms with E-state index < -0.39 is 0 Å². The molecule has 7 heteroatoms. The van der Waals surface area contributed by atoms with Crippen molar-refractivity contribution in [2.75, 3.05) is 18.5 Å². The third kappa shape index (κ3) is 3.05. The van der Waals surface area contributed by atoms with Crippen LogP contribution >= 0.6 is 0 Å². The quantitative estimate of drug-likeness (QED) is 0.514. The first kappa shape index (κ1) is 15.9. The lowest BCUT2D eigenvalue weighted by Gasteiger charge is -2.21. The van der Waals surface area contributed by atoms with Gasteiger partial charge in [-0.1, -0.05) is 0 Å². The normalized spacial score (nSPS) is 10.9. The van der Waals surface area contributed by atoms with Crippen LogP contribution in [0.2, 0.25) is 0 Å². The number of rotatable bonds is 6. The molecule has 124 valence electrons. The van der Waals surface area contributed by atoms with Gasteiger partial charge < -0.3 is 9.47 Å². The summed E-state index contributed by atoms with van der Waals surface area (Å²) in [5.41, 5.74) is 1.06. The molecule has 0 aliphatic carbocycles. The van der Waals surface area contributed by atoms with Crippen molar-refractivity contribution in [3.63, 3.8) is 0 Å². The Hall–Kier alpha value is -2.96. The number of benzene rings is 1. The van der Waals surface area contributed by atoms with Crippen molar-refractivity contribution in [2.24, 2.45) is 0 Å². The van der Waals surface area contributed by atoms with Crippen molar-refractivity contribution in [1.29, 1.82) is 0 Å². The molecule has 0 amide bonds. The van der Waals surface area contributed by atoms with Gasteiger partial charge in [0, 0.05) is 62.1 Å². The van der Waals surface area contributed by atoms with E-state index in [-0.39, 0.29) is 10.6 Å². The molecule has 0 fully saturated rings. The van der Waals surface area contributed by atoms with Crippen LogP contribution < -0.4 is 4.90 Å². The molecule has 7 nitrogen and oxygen atoms in total. The fourth-order valence-corrected chi connectivity index (χ4v) is 2.89. The maximum absolute atomic E-state index is 11.2. The van der Waals surface area contributed by atoms with Crippen LogP contribution in [0.1, 0.15) is 12.2 Å². The molecule has 0 unspecified atom stereocenters. The molecule has 0 saturated heterocycles. The Morgan fingerprint density at radius 1 is 1.25 bits per heavy atom. The van der Waals surface area contributed by atoms with Gasteiger partial charge in [0.05, 0.1) is 10.3 Å². The van der Waals surface area contributed by atoms with Crippen LogP contribution in [0.5, 0.6) is 0 Å². The van der Waals surface area contributed by atoms with E-state index in [1.165, 1.54) is 0 Å². The molecule has 3 rings (SSSR count). The summed E-state index contributed by atoms with van der Waals surface area (Å²) in [6.07, 6.45) is 7.95. The lowest BCUT2D eigenvalue weighted by molar-refractivity contribution is -0.383. The van der Waals surface area contributed by atoms with Gasteiger partial charge in [0.25, 0.3) is 5.69 Å². The number of non-ortho nitro benzene ring substituents is 1. The lowest BCUT2D eigenvalue weighted by Crippen LogP contribution is -2.20. The summed E-state index contributed by atoms with van der Waals surface area (Å²) in [5, 5.41) is 12.6. The molecule has 0 spiro atoms. The number of hydrogen-bond acceptors (Lipinski definition) is 5. The average molecular weight is 325 g/mol. The molecule has 2 heterocycles. The first-order chi connectivity index (χ1) is 11.6. The van der Waals surface area contributed by atoms with E-state index in [0.717, 1.165) is 36.4 Å². The molecule has 0 aliphatic rings. The van der Waals surface area contributed by atoms with Crippen LogP contribution in [0.4, 0.5) is 11.4 Å². The monoisotopic (exact) mass is 325 g/mol. The number of nitrogens with zero attached hydrogens (tertiary/aromatic N) is 5. The predicted molar refractivity (Wildman–Crippen MR) is 93.2 cm³/mol. The van der Waals surface area contributed by atoms with Gasteiger partial charge in [-0.05, 0) is 25.5 Å². The Bertz CT molecular complexity index is 874. The minimum absolute atomic E-state index is 0.0873. The first-order valence-electron chi connectivity index (χ1n) is 7.78. The third-order valence-corrected chi connectivity index (χ3v) is 4.20. The standard InChI is InChI=1S/C17H19N5O2/c1-13-19-8-11-21(13)10-3-9-20(2)16-4-5-17(22(23)24)15-12-18-7-6-14(15)16/h4-8,11-12H,3,9-10H2,1-2H3. The second-order valence-electron chi connectivity index (χ2n) is 5.73. The van der Waals surface area contributed by atoms with Gasteiger partial charge in [0.2, 0.25) is 0 Å². The molecular formula is C17H19N5O2. The SMILES string of the molecule is Cc1nccn1CCCN(C)c1ccc([N+](=O)[O-])c2cnccc12. The van der Waals surface area contributed by atoms with Crippen LogP contribution in [-0.4, -0.2) is 33.1 Å². The molecule has 1 aromatic carbocycles. The highest BCUT2D eigenvalue weighted by Crippen LogP contribution is 2.32. The number of aromatic nitrogens is 3. The molecule has 0 radical (unpaired) electrons. The molecule has 0 bridgehead atoms. The summed E-state index contributed by atoms with van der Waals surface area (Å²) in [4.78, 5) is 21.2. The molecule has 0 aliphatic heterocycles. The first-order valence-corrected chi connectivity index (χ1v) is 7.78. The third-order valence-electron chi connectivity index (χ3n) is 4.20. The molecule has 0 N–H and O–H groups in total. The number of imidazole rings is 1. The van der Waals surface area contributed by atoms with E-state index in [4.69, 9.17) is 0 Å². The Morgan fingerprint density at radius 2 is 2.08 bits per heavy atom. The highest BCUT2D eigenvalue weighted by Gasteiger charge is 2.16. The second-order valence-corrected chi connectivity index (χ2v) is 5.73. The number of fused-ring (bicyclic) bond motifs is 1. The second kappa shape index (κ2) is 6.66. The molecule has 0 atom stereocenters. The summed E-state index contributed by atoms with van der Waals surface area (Å²) in [6, 6.07) is 5.19. The van der Waals surface area contributed by atoms with Gasteiger partial charge in [-0.2, -0.15) is 0 Å². The summed E-state index contributed by atoms with van der Waals surface area (Å²) < 4.78 is 2.12. The van der Waals surface area contributed by atoms with Gasteiger partial charge in [-0.25, -0.2) is 4.98 Å². The Morgan fingerprint density at radius 3 is 2.79 bits per heavy atom. The highest BCUT2D eigenvalue weighted by molar-refractivity contribution is 5.99.